The third-order valence-electron chi connectivity index (χ3n) is 4.02. The normalized spacial score (nSPS) is 28.8. The van der Waals surface area contributed by atoms with Gasteiger partial charge in [0, 0.05) is 6.54 Å². The van der Waals surface area contributed by atoms with Crippen molar-refractivity contribution in [1.29, 1.82) is 0 Å². The van der Waals surface area contributed by atoms with Crippen LogP contribution in [0.3, 0.4) is 0 Å². The van der Waals surface area contributed by atoms with Crippen LogP contribution in [0, 0.1) is 5.92 Å². The van der Waals surface area contributed by atoms with Crippen LogP contribution in [-0.4, -0.2) is 41.6 Å². The smallest absolute Gasteiger partial charge is 0.314 e. The third kappa shape index (κ3) is 1.65. The summed E-state index contributed by atoms with van der Waals surface area (Å²) in [6, 6.07) is 7.32. The zero-order valence-electron chi connectivity index (χ0n) is 10.6. The van der Waals surface area contributed by atoms with Gasteiger partial charge in [-0.2, -0.15) is 0 Å². The minimum atomic E-state index is -1.30. The molecule has 0 saturated carbocycles. The minimum Gasteiger partial charge on any atom is -0.469 e. The Kier molecular flexibility index (Phi) is 2.78. The van der Waals surface area contributed by atoms with Gasteiger partial charge in [-0.15, -0.1) is 0 Å². The van der Waals surface area contributed by atoms with Crippen molar-refractivity contribution in [3.05, 3.63) is 35.4 Å². The first-order chi connectivity index (χ1) is 9.15. The number of ether oxygens (including phenoxy) is 1. The predicted octanol–water partition coefficient (Wildman–Crippen LogP) is 0.276. The van der Waals surface area contributed by atoms with Gasteiger partial charge in [-0.3, -0.25) is 9.59 Å². The molecule has 5 heteroatoms. The van der Waals surface area contributed by atoms with Crippen LogP contribution in [0.4, 0.5) is 0 Å². The van der Waals surface area contributed by atoms with Crippen molar-refractivity contribution < 1.29 is 19.4 Å². The van der Waals surface area contributed by atoms with Crippen LogP contribution in [0.25, 0.3) is 0 Å². The second-order valence-corrected chi connectivity index (χ2v) is 4.92. The van der Waals surface area contributed by atoms with E-state index in [1.54, 1.807) is 4.90 Å². The summed E-state index contributed by atoms with van der Waals surface area (Å²) in [5, 5.41) is 10.0. The second-order valence-electron chi connectivity index (χ2n) is 4.92. The van der Waals surface area contributed by atoms with Crippen LogP contribution in [0.2, 0.25) is 0 Å². The molecule has 0 spiro atoms. The summed E-state index contributed by atoms with van der Waals surface area (Å²) < 4.78 is 4.74. The number of methoxy groups -OCH3 is 1. The Balaban J connectivity index is 2.09. The lowest BCUT2D eigenvalue weighted by Crippen LogP contribution is -2.36. The van der Waals surface area contributed by atoms with E-state index in [1.807, 2.05) is 24.3 Å². The van der Waals surface area contributed by atoms with E-state index >= 15 is 0 Å². The Labute approximate surface area is 110 Å². The molecule has 1 fully saturated rings. The third-order valence-corrected chi connectivity index (χ3v) is 4.02. The maximum Gasteiger partial charge on any atom is 0.314 e. The maximum absolute atomic E-state index is 12.0. The molecule has 100 valence electrons. The number of benzene rings is 1. The number of amides is 1. The Morgan fingerprint density at radius 2 is 2.16 bits per heavy atom. The fourth-order valence-electron chi connectivity index (χ4n) is 3.12. The fraction of sp³-hybridized carbons (Fsp3) is 0.429. The van der Waals surface area contributed by atoms with Gasteiger partial charge in [0.15, 0.2) is 0 Å². The number of hydrogen-bond acceptors (Lipinski definition) is 4. The van der Waals surface area contributed by atoms with E-state index in [-0.39, 0.29) is 5.91 Å². The van der Waals surface area contributed by atoms with Crippen LogP contribution in [0.1, 0.15) is 17.2 Å². The van der Waals surface area contributed by atoms with Crippen molar-refractivity contribution in [2.45, 2.75) is 18.6 Å². The van der Waals surface area contributed by atoms with E-state index in [1.165, 1.54) is 7.11 Å². The molecule has 2 heterocycles. The van der Waals surface area contributed by atoms with E-state index < -0.39 is 24.0 Å². The van der Waals surface area contributed by atoms with Crippen molar-refractivity contribution >= 4 is 11.9 Å². The van der Waals surface area contributed by atoms with Crippen LogP contribution in [0.15, 0.2) is 24.3 Å². The molecule has 0 aromatic heterocycles. The molecular formula is C14H15NO4. The first kappa shape index (κ1) is 12.2. The maximum atomic E-state index is 12.0. The summed E-state index contributed by atoms with van der Waals surface area (Å²) in [5.41, 5.74) is 2.06. The van der Waals surface area contributed by atoms with Crippen molar-refractivity contribution in [2.75, 3.05) is 13.7 Å². The highest BCUT2D eigenvalue weighted by atomic mass is 16.5. The summed E-state index contributed by atoms with van der Waals surface area (Å²) in [6.07, 6.45) is -0.553. The predicted molar refractivity (Wildman–Crippen MR) is 66.1 cm³/mol. The average Bonchev–Trinajstić information content (AvgIpc) is 2.71. The SMILES string of the molecule is COC(=O)C1C(O)C(=O)N2CCc3ccccc3C12. The number of carbonyl (C=O) groups is 2. The van der Waals surface area contributed by atoms with E-state index in [4.69, 9.17) is 4.74 Å². The lowest BCUT2D eigenvalue weighted by atomic mass is 9.86. The number of aliphatic hydroxyl groups excluding tert-OH is 1. The molecule has 5 nitrogen and oxygen atoms in total. The van der Waals surface area contributed by atoms with Gasteiger partial charge in [-0.25, -0.2) is 0 Å². The quantitative estimate of drug-likeness (QED) is 0.737. The number of fused-ring (bicyclic) bond motifs is 3. The molecule has 3 rings (SSSR count). The number of carbonyl (C=O) groups excluding carboxylic acids is 2. The minimum absolute atomic E-state index is 0.380. The number of hydrogen-bond donors (Lipinski definition) is 1. The topological polar surface area (TPSA) is 66.8 Å². The summed E-state index contributed by atoms with van der Waals surface area (Å²) in [7, 11) is 1.27. The second kappa shape index (κ2) is 4.35. The zero-order chi connectivity index (χ0) is 13.6. The fourth-order valence-corrected chi connectivity index (χ4v) is 3.12. The van der Waals surface area contributed by atoms with Gasteiger partial charge in [0.05, 0.1) is 13.2 Å². The Morgan fingerprint density at radius 1 is 1.42 bits per heavy atom. The van der Waals surface area contributed by atoms with Crippen LogP contribution in [-0.2, 0) is 20.7 Å². The molecule has 0 radical (unpaired) electrons. The van der Waals surface area contributed by atoms with Gasteiger partial charge < -0.3 is 14.7 Å². The monoisotopic (exact) mass is 261 g/mol. The molecule has 2 aliphatic heterocycles. The Hall–Kier alpha value is -1.88. The molecule has 3 unspecified atom stereocenters. The summed E-state index contributed by atoms with van der Waals surface area (Å²) in [4.78, 5) is 25.5. The first-order valence-electron chi connectivity index (χ1n) is 6.29. The van der Waals surface area contributed by atoms with Crippen LogP contribution in [0.5, 0.6) is 0 Å². The largest absolute Gasteiger partial charge is 0.469 e. The number of aliphatic hydroxyl groups is 1. The van der Waals surface area contributed by atoms with Gasteiger partial charge in [0.2, 0.25) is 0 Å². The number of rotatable bonds is 1. The van der Waals surface area contributed by atoms with Gasteiger partial charge >= 0.3 is 5.97 Å². The van der Waals surface area contributed by atoms with Gasteiger partial charge in [-0.05, 0) is 17.5 Å². The van der Waals surface area contributed by atoms with Gasteiger partial charge in [0.1, 0.15) is 12.0 Å². The summed E-state index contributed by atoms with van der Waals surface area (Å²) >= 11 is 0. The molecule has 1 aromatic carbocycles. The highest BCUT2D eigenvalue weighted by Gasteiger charge is 2.53. The molecule has 2 aliphatic rings. The van der Waals surface area contributed by atoms with E-state index in [0.29, 0.717) is 6.54 Å². The Morgan fingerprint density at radius 3 is 2.89 bits per heavy atom. The number of esters is 1. The van der Waals surface area contributed by atoms with Crippen molar-refractivity contribution in [2.24, 2.45) is 5.92 Å². The first-order valence-corrected chi connectivity index (χ1v) is 6.29. The van der Waals surface area contributed by atoms with E-state index in [9.17, 15) is 14.7 Å². The molecule has 0 aliphatic carbocycles. The van der Waals surface area contributed by atoms with Crippen LogP contribution >= 0.6 is 0 Å². The highest BCUT2D eigenvalue weighted by molar-refractivity contribution is 5.92. The van der Waals surface area contributed by atoms with E-state index in [2.05, 4.69) is 0 Å². The van der Waals surface area contributed by atoms with Crippen molar-refractivity contribution in [1.82, 2.24) is 4.90 Å². The lowest BCUT2D eigenvalue weighted by Gasteiger charge is -2.33. The van der Waals surface area contributed by atoms with Gasteiger partial charge in [0.25, 0.3) is 5.91 Å². The standard InChI is InChI=1S/C14H15NO4/c1-19-14(18)10-11-9-5-3-2-4-8(9)6-7-15(11)13(17)12(10)16/h2-5,10-12,16H,6-7H2,1H3. The summed E-state index contributed by atoms with van der Waals surface area (Å²) in [5.74, 6) is -1.75. The molecule has 1 N–H and O–H groups in total. The highest BCUT2D eigenvalue weighted by Crippen LogP contribution is 2.42. The molecular weight excluding hydrogens is 246 g/mol. The van der Waals surface area contributed by atoms with Crippen molar-refractivity contribution in [3.63, 3.8) is 0 Å². The molecule has 1 saturated heterocycles. The van der Waals surface area contributed by atoms with Crippen LogP contribution < -0.4 is 0 Å². The Bertz CT molecular complexity index is 542. The zero-order valence-corrected chi connectivity index (χ0v) is 10.6. The van der Waals surface area contributed by atoms with E-state index in [0.717, 1.165) is 17.5 Å². The molecule has 1 aromatic rings. The number of nitrogens with zero attached hydrogens (tertiary/aromatic N) is 1. The molecule has 0 bridgehead atoms. The van der Waals surface area contributed by atoms with Gasteiger partial charge in [-0.1, -0.05) is 24.3 Å². The summed E-state index contributed by atoms with van der Waals surface area (Å²) in [6.45, 7) is 0.533. The molecule has 3 atom stereocenters. The molecule has 1 amide bonds. The lowest BCUT2D eigenvalue weighted by molar-refractivity contribution is -0.150. The average molecular weight is 261 g/mol. The molecule has 19 heavy (non-hydrogen) atoms. The van der Waals surface area contributed by atoms with Crippen molar-refractivity contribution in [3.8, 4) is 0 Å².